The average molecular weight is 392 g/mol. The van der Waals surface area contributed by atoms with E-state index in [1.54, 1.807) is 10.7 Å². The van der Waals surface area contributed by atoms with Crippen LogP contribution in [0.2, 0.25) is 0 Å². The molecular formula is C21H21N5OS. The number of hydrogen-bond donors (Lipinski definition) is 2. The van der Waals surface area contributed by atoms with Gasteiger partial charge >= 0.3 is 0 Å². The van der Waals surface area contributed by atoms with E-state index in [0.29, 0.717) is 5.01 Å². The number of thiazole rings is 1. The number of benzene rings is 1. The molecule has 0 aliphatic heterocycles. The van der Waals surface area contributed by atoms with Gasteiger partial charge in [-0.2, -0.15) is 5.10 Å². The summed E-state index contributed by atoms with van der Waals surface area (Å²) in [6, 6.07) is 15.1. The van der Waals surface area contributed by atoms with E-state index in [0.717, 1.165) is 27.2 Å². The molecule has 28 heavy (non-hydrogen) atoms. The summed E-state index contributed by atoms with van der Waals surface area (Å²) in [6.45, 7) is 3.87. The van der Waals surface area contributed by atoms with Crippen molar-refractivity contribution in [1.29, 1.82) is 0 Å². The van der Waals surface area contributed by atoms with Gasteiger partial charge in [0.05, 0.1) is 17.4 Å². The van der Waals surface area contributed by atoms with Gasteiger partial charge in [-0.25, -0.2) is 9.50 Å². The third-order valence-electron chi connectivity index (χ3n) is 4.75. The molecule has 4 rings (SSSR count). The number of amides is 1. The SMILES string of the molecule is Cc1sc(C(=O)N[C@H](C)[C@H](N)c2ccccc2)nc1-c1cnn2ccccc12. The molecule has 0 bridgehead atoms. The number of rotatable bonds is 5. The molecule has 0 spiro atoms. The lowest BCUT2D eigenvalue weighted by Gasteiger charge is -2.21. The van der Waals surface area contributed by atoms with Crippen molar-refractivity contribution in [3.05, 3.63) is 76.4 Å². The van der Waals surface area contributed by atoms with Crippen molar-refractivity contribution in [3.8, 4) is 11.3 Å². The summed E-state index contributed by atoms with van der Waals surface area (Å²) in [5, 5.41) is 7.77. The maximum absolute atomic E-state index is 12.8. The highest BCUT2D eigenvalue weighted by molar-refractivity contribution is 7.14. The minimum Gasteiger partial charge on any atom is -0.346 e. The summed E-state index contributed by atoms with van der Waals surface area (Å²) in [4.78, 5) is 18.3. The molecule has 7 heteroatoms. The predicted molar refractivity (Wildman–Crippen MR) is 111 cm³/mol. The Morgan fingerprint density at radius 1 is 1.18 bits per heavy atom. The maximum Gasteiger partial charge on any atom is 0.280 e. The largest absolute Gasteiger partial charge is 0.346 e. The van der Waals surface area contributed by atoms with Crippen molar-refractivity contribution in [2.24, 2.45) is 5.73 Å². The number of nitrogens with two attached hydrogens (primary N) is 1. The van der Waals surface area contributed by atoms with Crippen LogP contribution in [0, 0.1) is 6.92 Å². The Morgan fingerprint density at radius 2 is 1.93 bits per heavy atom. The summed E-state index contributed by atoms with van der Waals surface area (Å²) in [7, 11) is 0. The molecule has 6 nitrogen and oxygen atoms in total. The third kappa shape index (κ3) is 3.42. The van der Waals surface area contributed by atoms with Crippen LogP contribution in [0.3, 0.4) is 0 Å². The second-order valence-corrected chi connectivity index (χ2v) is 7.91. The Balaban J connectivity index is 1.55. The van der Waals surface area contributed by atoms with Crippen LogP contribution < -0.4 is 11.1 Å². The number of hydrogen-bond acceptors (Lipinski definition) is 5. The molecule has 0 aliphatic rings. The van der Waals surface area contributed by atoms with Gasteiger partial charge in [0, 0.05) is 28.7 Å². The van der Waals surface area contributed by atoms with Crippen molar-refractivity contribution >= 4 is 22.8 Å². The average Bonchev–Trinajstić information content (AvgIpc) is 3.31. The second kappa shape index (κ2) is 7.53. The highest BCUT2D eigenvalue weighted by Gasteiger charge is 2.22. The van der Waals surface area contributed by atoms with Crippen molar-refractivity contribution in [3.63, 3.8) is 0 Å². The van der Waals surface area contributed by atoms with Crippen molar-refractivity contribution in [2.45, 2.75) is 25.9 Å². The molecule has 0 unspecified atom stereocenters. The first-order chi connectivity index (χ1) is 13.5. The van der Waals surface area contributed by atoms with Crippen LogP contribution in [-0.4, -0.2) is 26.5 Å². The number of carbonyl (C=O) groups excluding carboxylic acids is 1. The number of aryl methyl sites for hydroxylation is 1. The lowest BCUT2D eigenvalue weighted by molar-refractivity contribution is 0.0934. The standard InChI is InChI=1S/C21H21N5OS/c1-13(18(22)15-8-4-3-5-9-15)24-20(27)21-25-19(14(2)28-21)16-12-23-26-11-7-6-10-17(16)26/h3-13,18H,22H2,1-2H3,(H,24,27)/t13-,18+/m1/s1. The van der Waals surface area contributed by atoms with E-state index in [1.165, 1.54) is 11.3 Å². The van der Waals surface area contributed by atoms with Crippen LogP contribution >= 0.6 is 11.3 Å². The van der Waals surface area contributed by atoms with E-state index in [9.17, 15) is 4.79 Å². The van der Waals surface area contributed by atoms with Crippen LogP contribution in [0.15, 0.2) is 60.9 Å². The van der Waals surface area contributed by atoms with Crippen LogP contribution in [0.4, 0.5) is 0 Å². The zero-order chi connectivity index (χ0) is 19.7. The van der Waals surface area contributed by atoms with E-state index in [-0.39, 0.29) is 18.0 Å². The summed E-state index contributed by atoms with van der Waals surface area (Å²) in [6.07, 6.45) is 3.67. The van der Waals surface area contributed by atoms with Gasteiger partial charge in [0.25, 0.3) is 5.91 Å². The molecule has 3 heterocycles. The van der Waals surface area contributed by atoms with Gasteiger partial charge in [-0.15, -0.1) is 11.3 Å². The normalized spacial score (nSPS) is 13.4. The van der Waals surface area contributed by atoms with Crippen molar-refractivity contribution in [1.82, 2.24) is 19.9 Å². The minimum atomic E-state index is -0.287. The lowest BCUT2D eigenvalue weighted by Crippen LogP contribution is -2.40. The molecule has 0 fully saturated rings. The fourth-order valence-electron chi connectivity index (χ4n) is 3.18. The van der Waals surface area contributed by atoms with E-state index < -0.39 is 0 Å². The van der Waals surface area contributed by atoms with Gasteiger partial charge in [0.2, 0.25) is 0 Å². The Labute approximate surface area is 167 Å². The lowest BCUT2D eigenvalue weighted by atomic mass is 10.0. The predicted octanol–water partition coefficient (Wildman–Crippen LogP) is 3.58. The number of aromatic nitrogens is 3. The molecule has 3 N–H and O–H groups in total. The second-order valence-electron chi connectivity index (χ2n) is 6.71. The van der Waals surface area contributed by atoms with Crippen LogP contribution in [0.5, 0.6) is 0 Å². The van der Waals surface area contributed by atoms with Gasteiger partial charge < -0.3 is 11.1 Å². The quantitative estimate of drug-likeness (QED) is 0.544. The fourth-order valence-corrected chi connectivity index (χ4v) is 4.01. The highest BCUT2D eigenvalue weighted by Crippen LogP contribution is 2.30. The van der Waals surface area contributed by atoms with E-state index in [1.807, 2.05) is 68.6 Å². The molecule has 2 atom stereocenters. The van der Waals surface area contributed by atoms with Gasteiger partial charge in [-0.3, -0.25) is 4.79 Å². The zero-order valence-corrected chi connectivity index (χ0v) is 16.5. The number of fused-ring (bicyclic) bond motifs is 1. The van der Waals surface area contributed by atoms with Gasteiger partial charge in [-0.05, 0) is 31.5 Å². The number of pyridine rings is 1. The molecular weight excluding hydrogens is 370 g/mol. The summed E-state index contributed by atoms with van der Waals surface area (Å²) in [5.41, 5.74) is 9.95. The smallest absolute Gasteiger partial charge is 0.280 e. The van der Waals surface area contributed by atoms with Crippen molar-refractivity contribution < 1.29 is 4.79 Å². The van der Waals surface area contributed by atoms with Gasteiger partial charge in [0.15, 0.2) is 5.01 Å². The summed E-state index contributed by atoms with van der Waals surface area (Å²) < 4.78 is 1.80. The molecule has 1 amide bonds. The molecule has 142 valence electrons. The first-order valence-corrected chi connectivity index (χ1v) is 9.88. The first-order valence-electron chi connectivity index (χ1n) is 9.06. The zero-order valence-electron chi connectivity index (χ0n) is 15.7. The first kappa shape index (κ1) is 18.3. The van der Waals surface area contributed by atoms with Crippen LogP contribution in [0.25, 0.3) is 16.8 Å². The Kier molecular flexibility index (Phi) is 4.93. The molecule has 0 aliphatic carbocycles. The molecule has 0 saturated carbocycles. The summed E-state index contributed by atoms with van der Waals surface area (Å²) >= 11 is 1.38. The maximum atomic E-state index is 12.8. The monoisotopic (exact) mass is 391 g/mol. The molecule has 4 aromatic rings. The Hall–Kier alpha value is -3.03. The Bertz CT molecular complexity index is 1120. The van der Waals surface area contributed by atoms with Gasteiger partial charge in [0.1, 0.15) is 0 Å². The Morgan fingerprint density at radius 3 is 2.71 bits per heavy atom. The van der Waals surface area contributed by atoms with Crippen LogP contribution in [0.1, 0.15) is 33.2 Å². The van der Waals surface area contributed by atoms with E-state index in [2.05, 4.69) is 15.4 Å². The van der Waals surface area contributed by atoms with Crippen molar-refractivity contribution in [2.75, 3.05) is 0 Å². The highest BCUT2D eigenvalue weighted by atomic mass is 32.1. The number of carbonyl (C=O) groups is 1. The molecule has 1 aromatic carbocycles. The third-order valence-corrected chi connectivity index (χ3v) is 5.72. The molecule has 0 radical (unpaired) electrons. The molecule has 0 saturated heterocycles. The number of nitrogens with zero attached hydrogens (tertiary/aromatic N) is 3. The molecule has 3 aromatic heterocycles. The minimum absolute atomic E-state index is 0.213. The topological polar surface area (TPSA) is 85.3 Å². The summed E-state index contributed by atoms with van der Waals surface area (Å²) in [5.74, 6) is -0.213. The van der Waals surface area contributed by atoms with Gasteiger partial charge in [-0.1, -0.05) is 36.4 Å². The van der Waals surface area contributed by atoms with Crippen LogP contribution in [-0.2, 0) is 0 Å². The number of nitrogens with one attached hydrogen (secondary N) is 1. The van der Waals surface area contributed by atoms with E-state index >= 15 is 0 Å². The fraction of sp³-hybridized carbons (Fsp3) is 0.190. The van der Waals surface area contributed by atoms with E-state index in [4.69, 9.17) is 5.73 Å².